The molecule has 2 heterocycles. The number of halogens is 2. The molecule has 5 N–H and O–H groups in total. The number of methoxy groups -OCH3 is 1. The number of aryl methyl sites for hydroxylation is 1. The summed E-state index contributed by atoms with van der Waals surface area (Å²) in [5, 5.41) is 9.27. The Morgan fingerprint density at radius 1 is 1.11 bits per heavy atom. The van der Waals surface area contributed by atoms with Crippen LogP contribution in [0.1, 0.15) is 36.8 Å². The molecule has 4 aromatic rings. The summed E-state index contributed by atoms with van der Waals surface area (Å²) in [5.41, 5.74) is 18.9. The molecule has 1 aliphatic carbocycles. The summed E-state index contributed by atoms with van der Waals surface area (Å²) in [6.07, 6.45) is 7.67. The van der Waals surface area contributed by atoms with Gasteiger partial charge >= 0.3 is 0 Å². The quantitative estimate of drug-likeness (QED) is 0.197. The molecule has 192 valence electrons. The largest absolute Gasteiger partial charge is 0.497 e. The summed E-state index contributed by atoms with van der Waals surface area (Å²) in [4.78, 5) is 4.61. The molecule has 0 unspecified atom stereocenters. The van der Waals surface area contributed by atoms with Crippen molar-refractivity contribution in [1.82, 2.24) is 9.61 Å². The van der Waals surface area contributed by atoms with Crippen molar-refractivity contribution < 1.29 is 4.74 Å². The van der Waals surface area contributed by atoms with Crippen molar-refractivity contribution >= 4 is 45.9 Å². The van der Waals surface area contributed by atoms with Gasteiger partial charge < -0.3 is 21.5 Å². The zero-order valence-electron chi connectivity index (χ0n) is 20.8. The van der Waals surface area contributed by atoms with Crippen molar-refractivity contribution in [2.45, 2.75) is 44.7 Å². The summed E-state index contributed by atoms with van der Waals surface area (Å²) in [5.74, 6) is 1.11. The first-order valence-corrected chi connectivity index (χ1v) is 13.1. The summed E-state index contributed by atoms with van der Waals surface area (Å²) in [7, 11) is 1.67. The van der Waals surface area contributed by atoms with E-state index in [1.165, 1.54) is 0 Å². The topological polar surface area (TPSA) is 103 Å². The number of amidine groups is 1. The number of nitrogens with zero attached hydrogens (tertiary/aromatic N) is 3. The minimum absolute atomic E-state index is 0.252. The molecule has 0 amide bonds. The van der Waals surface area contributed by atoms with E-state index in [-0.39, 0.29) is 17.9 Å². The molecule has 7 nitrogen and oxygen atoms in total. The number of hydrogen-bond donors (Lipinski definition) is 3. The summed E-state index contributed by atoms with van der Waals surface area (Å²) in [6.45, 7) is 2.07. The van der Waals surface area contributed by atoms with Crippen LogP contribution in [0.15, 0.2) is 59.9 Å². The van der Waals surface area contributed by atoms with Gasteiger partial charge in [0, 0.05) is 23.8 Å². The van der Waals surface area contributed by atoms with Crippen LogP contribution in [0.3, 0.4) is 0 Å². The fourth-order valence-corrected chi connectivity index (χ4v) is 5.36. The molecule has 5 rings (SSSR count). The Morgan fingerprint density at radius 3 is 2.51 bits per heavy atom. The van der Waals surface area contributed by atoms with Crippen molar-refractivity contribution in [3.05, 3.63) is 76.0 Å². The van der Waals surface area contributed by atoms with Gasteiger partial charge in [-0.2, -0.15) is 5.10 Å². The third kappa shape index (κ3) is 5.25. The lowest BCUT2D eigenvalue weighted by molar-refractivity contribution is 0.411. The number of aromatic nitrogens is 2. The van der Waals surface area contributed by atoms with Crippen LogP contribution in [-0.2, 0) is 0 Å². The number of para-hydroxylation sites is 1. The van der Waals surface area contributed by atoms with Gasteiger partial charge in [-0.05, 0) is 74.1 Å². The molecule has 0 atom stereocenters. The van der Waals surface area contributed by atoms with Crippen molar-refractivity contribution in [1.29, 1.82) is 0 Å². The predicted octanol–water partition coefficient (Wildman–Crippen LogP) is 6.34. The van der Waals surface area contributed by atoms with Gasteiger partial charge in [-0.3, -0.25) is 0 Å². The van der Waals surface area contributed by atoms with Crippen LogP contribution >= 0.6 is 23.2 Å². The maximum Gasteiger partial charge on any atom is 0.135 e. The van der Waals surface area contributed by atoms with Crippen LogP contribution in [0.5, 0.6) is 5.75 Å². The highest BCUT2D eigenvalue weighted by atomic mass is 35.5. The first-order chi connectivity index (χ1) is 17.8. The van der Waals surface area contributed by atoms with Crippen molar-refractivity contribution in [3.63, 3.8) is 0 Å². The fraction of sp³-hybridized carbons (Fsp3) is 0.286. The number of anilines is 1. The zero-order chi connectivity index (χ0) is 26.1. The number of ether oxygens (including phenoxy) is 1. The smallest absolute Gasteiger partial charge is 0.135 e. The van der Waals surface area contributed by atoms with Gasteiger partial charge in [0.2, 0.25) is 0 Å². The normalized spacial score (nSPS) is 18.2. The van der Waals surface area contributed by atoms with E-state index >= 15 is 0 Å². The molecule has 0 aliphatic heterocycles. The Hall–Kier alpha value is -3.26. The third-order valence-electron chi connectivity index (χ3n) is 6.95. The van der Waals surface area contributed by atoms with Crippen LogP contribution in [0.25, 0.3) is 16.6 Å². The van der Waals surface area contributed by atoms with Crippen molar-refractivity contribution in [3.8, 4) is 16.9 Å². The average Bonchev–Trinajstić information content (AvgIpc) is 3.32. The van der Waals surface area contributed by atoms with E-state index in [0.717, 1.165) is 59.3 Å². The summed E-state index contributed by atoms with van der Waals surface area (Å²) < 4.78 is 7.25. The highest BCUT2D eigenvalue weighted by Crippen LogP contribution is 2.36. The molecule has 2 aromatic heterocycles. The van der Waals surface area contributed by atoms with Crippen molar-refractivity contribution in [2.24, 2.45) is 16.5 Å². The Morgan fingerprint density at radius 2 is 1.84 bits per heavy atom. The first kappa shape index (κ1) is 25.4. The minimum atomic E-state index is 0.252. The molecule has 0 radical (unpaired) electrons. The molecule has 0 spiro atoms. The second-order valence-electron chi connectivity index (χ2n) is 9.50. The average molecular weight is 537 g/mol. The van der Waals surface area contributed by atoms with Crippen molar-refractivity contribution in [2.75, 3.05) is 12.4 Å². The SMILES string of the molecule is COc1ccc(-c2cc3c(NC4CCC(N)CC4)c(C(N)=Nc4c(Cl)cccc4Cl)cnn3c2)c(C)c1. The van der Waals surface area contributed by atoms with E-state index in [0.29, 0.717) is 21.3 Å². The molecule has 1 fully saturated rings. The van der Waals surface area contributed by atoms with Gasteiger partial charge in [-0.25, -0.2) is 9.51 Å². The van der Waals surface area contributed by atoms with E-state index in [4.69, 9.17) is 39.4 Å². The van der Waals surface area contributed by atoms with Gasteiger partial charge in [-0.1, -0.05) is 35.3 Å². The lowest BCUT2D eigenvalue weighted by atomic mass is 9.91. The summed E-state index contributed by atoms with van der Waals surface area (Å²) >= 11 is 12.7. The molecule has 9 heteroatoms. The lowest BCUT2D eigenvalue weighted by Gasteiger charge is -2.28. The molecule has 1 saturated carbocycles. The minimum Gasteiger partial charge on any atom is -0.497 e. The van der Waals surface area contributed by atoms with Crippen LogP contribution in [-0.4, -0.2) is 34.6 Å². The molecule has 1 aliphatic rings. The summed E-state index contributed by atoms with van der Waals surface area (Å²) in [6, 6.07) is 13.9. The standard InChI is InChI=1S/C28H30Cl2N6O/c1-16-12-20(37-2)10-11-21(16)17-13-25-26(34-19-8-6-18(31)7-9-19)22(14-33-36(25)15-17)28(32)35-27-23(29)4-3-5-24(27)30/h3-5,10-15,18-19,34H,6-9,31H2,1-2H3,(H2,32,35). The van der Waals surface area contributed by atoms with Crippen LogP contribution < -0.4 is 21.5 Å². The molecule has 37 heavy (non-hydrogen) atoms. The Kier molecular flexibility index (Phi) is 7.29. The Balaban J connectivity index is 1.62. The molecule has 0 bridgehead atoms. The highest BCUT2D eigenvalue weighted by molar-refractivity contribution is 6.39. The number of aliphatic imine (C=N–C) groups is 1. The van der Waals surface area contributed by atoms with E-state index in [1.807, 2.05) is 22.8 Å². The van der Waals surface area contributed by atoms with Gasteiger partial charge in [-0.15, -0.1) is 0 Å². The number of nitrogens with one attached hydrogen (secondary N) is 1. The number of fused-ring (bicyclic) bond motifs is 1. The van der Waals surface area contributed by atoms with Crippen LogP contribution in [0, 0.1) is 6.92 Å². The van der Waals surface area contributed by atoms with Gasteiger partial charge in [0.15, 0.2) is 0 Å². The number of nitrogens with two attached hydrogens (primary N) is 2. The molecular weight excluding hydrogens is 507 g/mol. The van der Waals surface area contributed by atoms with E-state index in [2.05, 4.69) is 34.5 Å². The van der Waals surface area contributed by atoms with Crippen LogP contribution in [0.4, 0.5) is 11.4 Å². The maximum absolute atomic E-state index is 6.57. The van der Waals surface area contributed by atoms with Gasteiger partial charge in [0.1, 0.15) is 17.3 Å². The predicted molar refractivity (Wildman–Crippen MR) is 153 cm³/mol. The number of hydrogen-bond acceptors (Lipinski definition) is 5. The molecule has 2 aromatic carbocycles. The monoisotopic (exact) mass is 536 g/mol. The van der Waals surface area contributed by atoms with E-state index < -0.39 is 0 Å². The van der Waals surface area contributed by atoms with Gasteiger partial charge in [0.05, 0.1) is 40.1 Å². The second kappa shape index (κ2) is 10.6. The number of rotatable bonds is 6. The lowest BCUT2D eigenvalue weighted by Crippen LogP contribution is -2.33. The second-order valence-corrected chi connectivity index (χ2v) is 10.3. The third-order valence-corrected chi connectivity index (χ3v) is 7.56. The molecular formula is C28H30Cl2N6O. The fourth-order valence-electron chi connectivity index (χ4n) is 4.88. The maximum atomic E-state index is 6.57. The van der Waals surface area contributed by atoms with E-state index in [1.54, 1.807) is 31.5 Å². The highest BCUT2D eigenvalue weighted by Gasteiger charge is 2.22. The van der Waals surface area contributed by atoms with Gasteiger partial charge in [0.25, 0.3) is 0 Å². The number of benzene rings is 2. The van der Waals surface area contributed by atoms with Crippen LogP contribution in [0.2, 0.25) is 10.0 Å². The first-order valence-electron chi connectivity index (χ1n) is 12.3. The Bertz CT molecular complexity index is 1450. The Labute approximate surface area is 226 Å². The molecule has 0 saturated heterocycles. The zero-order valence-corrected chi connectivity index (χ0v) is 22.4. The van der Waals surface area contributed by atoms with E-state index in [9.17, 15) is 0 Å².